The van der Waals surface area contributed by atoms with Crippen molar-refractivity contribution >= 4 is 51.5 Å². The van der Waals surface area contributed by atoms with E-state index in [2.05, 4.69) is 10.5 Å². The van der Waals surface area contributed by atoms with Crippen LogP contribution in [0.5, 0.6) is 0 Å². The van der Waals surface area contributed by atoms with Gasteiger partial charge in [-0.3, -0.25) is 9.59 Å². The molecule has 3 aromatic carbocycles. The quantitative estimate of drug-likeness (QED) is 0.123. The van der Waals surface area contributed by atoms with Gasteiger partial charge >= 0.3 is 6.18 Å². The first kappa shape index (κ1) is 29.1. The predicted octanol–water partition coefficient (Wildman–Crippen LogP) is 6.17. The lowest BCUT2D eigenvalue weighted by molar-refractivity contribution is -0.137. The Kier molecular flexibility index (Phi) is 9.50. The Balaban J connectivity index is 1.88. The number of nitrogens with one attached hydrogen (secondary N) is 2. The zero-order valence-electron chi connectivity index (χ0n) is 19.3. The number of carbonyl (C=O) groups excluding carboxylic acids is 2. The number of alkyl halides is 5. The van der Waals surface area contributed by atoms with Gasteiger partial charge in [0, 0.05) is 27.6 Å². The first-order valence-corrected chi connectivity index (χ1v) is 11.7. The normalized spacial score (nSPS) is 13.0. The van der Waals surface area contributed by atoms with Crippen molar-refractivity contribution in [3.05, 3.63) is 81.3 Å². The van der Waals surface area contributed by atoms with Gasteiger partial charge in [-0.25, -0.2) is 8.78 Å². The van der Waals surface area contributed by atoms with Crippen molar-refractivity contribution in [2.24, 2.45) is 5.16 Å². The molecule has 0 radical (unpaired) electrons. The molecule has 3 aromatic rings. The smallest absolute Gasteiger partial charge is 0.405 e. The van der Waals surface area contributed by atoms with Crippen LogP contribution >= 0.6 is 23.2 Å². The highest BCUT2D eigenvalue weighted by Gasteiger charge is 2.29. The van der Waals surface area contributed by atoms with Gasteiger partial charge in [0.15, 0.2) is 0 Å². The summed E-state index contributed by atoms with van der Waals surface area (Å²) in [5.41, 5.74) is 0.377. The van der Waals surface area contributed by atoms with Crippen LogP contribution in [0.1, 0.15) is 33.8 Å². The molecular formula is C25H20Cl2F5N3O3. The number of rotatable bonds is 9. The molecule has 3 rings (SSSR count). The van der Waals surface area contributed by atoms with Crippen LogP contribution in [0, 0.1) is 0 Å². The summed E-state index contributed by atoms with van der Waals surface area (Å²) in [6.07, 6.45) is -7.86. The number of hydrogen-bond acceptors (Lipinski definition) is 4. The molecule has 0 fully saturated rings. The maximum absolute atomic E-state index is 14.0. The SMILES string of the molecule is O=C(CNC(=O)c1ccc(/C(C[C@H](c2cc(Cl)cc(Cl)c2)C(F)F)=N/O)c2ccccc12)NCC(F)(F)F. The second kappa shape index (κ2) is 12.4. The third-order valence-corrected chi connectivity index (χ3v) is 5.96. The molecule has 13 heteroatoms. The van der Waals surface area contributed by atoms with E-state index in [0.29, 0.717) is 10.8 Å². The van der Waals surface area contributed by atoms with Crippen molar-refractivity contribution in [3.63, 3.8) is 0 Å². The van der Waals surface area contributed by atoms with E-state index in [4.69, 9.17) is 23.2 Å². The van der Waals surface area contributed by atoms with Crippen molar-refractivity contribution in [2.45, 2.75) is 24.9 Å². The lowest BCUT2D eigenvalue weighted by atomic mass is 9.88. The Hall–Kier alpha value is -3.44. The van der Waals surface area contributed by atoms with Gasteiger partial charge in [0.25, 0.3) is 5.91 Å². The van der Waals surface area contributed by atoms with Crippen LogP contribution in [-0.2, 0) is 4.79 Å². The third kappa shape index (κ3) is 7.55. The zero-order chi connectivity index (χ0) is 28.0. The first-order valence-electron chi connectivity index (χ1n) is 11.0. The van der Waals surface area contributed by atoms with Gasteiger partial charge in [0.05, 0.1) is 18.2 Å². The van der Waals surface area contributed by atoms with E-state index in [1.54, 1.807) is 29.6 Å². The minimum Gasteiger partial charge on any atom is -0.411 e. The second-order valence-electron chi connectivity index (χ2n) is 8.18. The molecule has 0 spiro atoms. The van der Waals surface area contributed by atoms with E-state index < -0.39 is 49.8 Å². The van der Waals surface area contributed by atoms with Crippen LogP contribution in [0.25, 0.3) is 10.8 Å². The molecule has 202 valence electrons. The molecule has 0 saturated carbocycles. The minimum absolute atomic E-state index is 0.0669. The third-order valence-electron chi connectivity index (χ3n) is 5.53. The fraction of sp³-hybridized carbons (Fsp3) is 0.240. The molecule has 0 bridgehead atoms. The van der Waals surface area contributed by atoms with Crippen LogP contribution < -0.4 is 10.6 Å². The van der Waals surface area contributed by atoms with Crippen LogP contribution in [0.2, 0.25) is 10.0 Å². The van der Waals surface area contributed by atoms with Crippen molar-refractivity contribution in [1.29, 1.82) is 0 Å². The van der Waals surface area contributed by atoms with E-state index >= 15 is 0 Å². The first-order chi connectivity index (χ1) is 17.9. The number of halogens is 7. The van der Waals surface area contributed by atoms with Crippen molar-refractivity contribution in [2.75, 3.05) is 13.1 Å². The van der Waals surface area contributed by atoms with E-state index in [1.807, 2.05) is 0 Å². The summed E-state index contributed by atoms with van der Waals surface area (Å²) >= 11 is 11.9. The average Bonchev–Trinajstić information content (AvgIpc) is 2.85. The summed E-state index contributed by atoms with van der Waals surface area (Å²) in [6, 6.07) is 13.2. The van der Waals surface area contributed by atoms with Gasteiger partial charge < -0.3 is 15.8 Å². The standard InChI is InChI=1S/C25H20Cl2F5N3O3/c26-14-7-13(8-15(27)9-14)20(23(28)29)10-21(35-38)18-5-6-19(17-4-2-1-3-16(17)18)24(37)33-11-22(36)34-12-25(30,31)32/h1-9,20,23,38H,10-12H2,(H,33,37)(H,34,36)/b35-21+/t20-/m1/s1. The van der Waals surface area contributed by atoms with Crippen LogP contribution in [0.3, 0.4) is 0 Å². The molecule has 2 amide bonds. The van der Waals surface area contributed by atoms with Gasteiger partial charge in [-0.1, -0.05) is 58.7 Å². The van der Waals surface area contributed by atoms with Crippen LogP contribution in [0.4, 0.5) is 22.0 Å². The highest BCUT2D eigenvalue weighted by atomic mass is 35.5. The Morgan fingerprint density at radius 3 is 2.05 bits per heavy atom. The summed E-state index contributed by atoms with van der Waals surface area (Å²) in [7, 11) is 0. The minimum atomic E-state index is -4.60. The van der Waals surface area contributed by atoms with Crippen molar-refractivity contribution in [3.8, 4) is 0 Å². The van der Waals surface area contributed by atoms with Crippen molar-refractivity contribution < 1.29 is 36.7 Å². The molecule has 0 heterocycles. The molecule has 6 nitrogen and oxygen atoms in total. The number of nitrogens with zero attached hydrogens (tertiary/aromatic N) is 1. The second-order valence-corrected chi connectivity index (χ2v) is 9.05. The molecule has 0 unspecified atom stereocenters. The van der Waals surface area contributed by atoms with E-state index in [0.717, 1.165) is 0 Å². The zero-order valence-corrected chi connectivity index (χ0v) is 20.8. The highest BCUT2D eigenvalue weighted by molar-refractivity contribution is 6.34. The fourth-order valence-electron chi connectivity index (χ4n) is 3.82. The maximum Gasteiger partial charge on any atom is 0.405 e. The molecule has 0 aromatic heterocycles. The Bertz CT molecular complexity index is 1350. The van der Waals surface area contributed by atoms with Crippen LogP contribution in [0.15, 0.2) is 59.8 Å². The average molecular weight is 576 g/mol. The fourth-order valence-corrected chi connectivity index (χ4v) is 4.36. The number of fused-ring (bicyclic) bond motifs is 1. The molecular weight excluding hydrogens is 556 g/mol. The van der Waals surface area contributed by atoms with Gasteiger partial charge in [-0.2, -0.15) is 13.2 Å². The Labute approximate surface area is 223 Å². The summed E-state index contributed by atoms with van der Waals surface area (Å²) in [5.74, 6) is -3.21. The number of carbonyl (C=O) groups is 2. The molecule has 0 aliphatic carbocycles. The van der Waals surface area contributed by atoms with Gasteiger partial charge in [-0.15, -0.1) is 0 Å². The van der Waals surface area contributed by atoms with E-state index in [9.17, 15) is 36.7 Å². The number of benzene rings is 3. The van der Waals surface area contributed by atoms with Crippen molar-refractivity contribution in [1.82, 2.24) is 10.6 Å². The van der Waals surface area contributed by atoms with Gasteiger partial charge in [-0.05, 0) is 40.6 Å². The topological polar surface area (TPSA) is 90.8 Å². The van der Waals surface area contributed by atoms with Gasteiger partial charge in [0.1, 0.15) is 6.54 Å². The number of hydrogen-bond donors (Lipinski definition) is 3. The van der Waals surface area contributed by atoms with Gasteiger partial charge in [0.2, 0.25) is 12.3 Å². The molecule has 0 aliphatic heterocycles. The number of oxime groups is 1. The summed E-state index contributed by atoms with van der Waals surface area (Å²) in [6.45, 7) is -2.24. The van der Waals surface area contributed by atoms with E-state index in [1.165, 1.54) is 30.3 Å². The lowest BCUT2D eigenvalue weighted by Gasteiger charge is -2.19. The predicted molar refractivity (Wildman–Crippen MR) is 133 cm³/mol. The lowest BCUT2D eigenvalue weighted by Crippen LogP contribution is -2.40. The molecule has 1 atom stereocenters. The molecule has 3 N–H and O–H groups in total. The Morgan fingerprint density at radius 1 is 0.921 bits per heavy atom. The largest absolute Gasteiger partial charge is 0.411 e. The molecule has 0 saturated heterocycles. The molecule has 38 heavy (non-hydrogen) atoms. The summed E-state index contributed by atoms with van der Waals surface area (Å²) in [4.78, 5) is 24.4. The Morgan fingerprint density at radius 2 is 1.50 bits per heavy atom. The van der Waals surface area contributed by atoms with E-state index in [-0.39, 0.29) is 32.4 Å². The summed E-state index contributed by atoms with van der Waals surface area (Å²) < 4.78 is 64.9. The highest BCUT2D eigenvalue weighted by Crippen LogP contribution is 2.34. The van der Waals surface area contributed by atoms with Crippen LogP contribution in [-0.4, -0.2) is 48.4 Å². The monoisotopic (exact) mass is 575 g/mol. The summed E-state index contributed by atoms with van der Waals surface area (Å²) in [5, 5.41) is 17.9. The maximum atomic E-state index is 14.0. The number of amides is 2. The molecule has 0 aliphatic rings.